The lowest BCUT2D eigenvalue weighted by Crippen LogP contribution is -2.36. The molecule has 0 saturated carbocycles. The van der Waals surface area contributed by atoms with E-state index in [1.165, 1.54) is 12.1 Å². The fourth-order valence-corrected chi connectivity index (χ4v) is 4.57. The van der Waals surface area contributed by atoms with Crippen LogP contribution in [-0.4, -0.2) is 17.4 Å². The third-order valence-electron chi connectivity index (χ3n) is 4.83. The third-order valence-corrected chi connectivity index (χ3v) is 6.43. The van der Waals surface area contributed by atoms with Gasteiger partial charge in [-0.15, -0.1) is 0 Å². The van der Waals surface area contributed by atoms with Crippen molar-refractivity contribution < 1.29 is 13.7 Å². The summed E-state index contributed by atoms with van der Waals surface area (Å²) in [6.07, 6.45) is 2.08. The Labute approximate surface area is 188 Å². The van der Waals surface area contributed by atoms with E-state index < -0.39 is 11.4 Å². The van der Waals surface area contributed by atoms with E-state index in [0.717, 1.165) is 5.56 Å². The maximum atomic E-state index is 13.1. The lowest BCUT2D eigenvalue weighted by Gasteiger charge is -2.29. The molecule has 1 atom stereocenters. The van der Waals surface area contributed by atoms with E-state index in [1.807, 2.05) is 0 Å². The number of benzene rings is 3. The Morgan fingerprint density at radius 3 is 2.65 bits per heavy atom. The van der Waals surface area contributed by atoms with Crippen molar-refractivity contribution in [2.45, 2.75) is 6.42 Å². The van der Waals surface area contributed by atoms with Gasteiger partial charge in [-0.25, -0.2) is 4.39 Å². The van der Waals surface area contributed by atoms with Crippen LogP contribution in [0.15, 0.2) is 71.6 Å². The minimum Gasteiger partial charge on any atom is -0.588 e. The van der Waals surface area contributed by atoms with Crippen LogP contribution >= 0.6 is 11.6 Å². The molecule has 4 rings (SSSR count). The fourth-order valence-electron chi connectivity index (χ4n) is 3.23. The third kappa shape index (κ3) is 4.67. The molecule has 0 amide bonds. The summed E-state index contributed by atoms with van der Waals surface area (Å²) in [4.78, 5) is 13.3. The van der Waals surface area contributed by atoms with Crippen LogP contribution in [0.4, 0.5) is 10.1 Å². The molecule has 3 aromatic rings. The van der Waals surface area contributed by atoms with Crippen LogP contribution in [0.3, 0.4) is 0 Å². The molecule has 1 aliphatic heterocycles. The largest absolute Gasteiger partial charge is 0.588 e. The lowest BCUT2D eigenvalue weighted by molar-refractivity contribution is 0.104. The molecule has 0 aromatic heterocycles. The minimum atomic E-state index is -1.63. The summed E-state index contributed by atoms with van der Waals surface area (Å²) in [7, 11) is 1.69. The number of ketones is 1. The molecule has 0 fully saturated rings. The first-order chi connectivity index (χ1) is 14.9. The fraction of sp³-hybridized carbons (Fsp3) is 0.0800. The van der Waals surface area contributed by atoms with Crippen LogP contribution < -0.4 is 4.31 Å². The zero-order valence-corrected chi connectivity index (χ0v) is 18.1. The van der Waals surface area contributed by atoms with Gasteiger partial charge in [-0.05, 0) is 53.6 Å². The first kappa shape index (κ1) is 21.2. The highest BCUT2D eigenvalue weighted by Crippen LogP contribution is 2.35. The van der Waals surface area contributed by atoms with E-state index in [-0.39, 0.29) is 16.5 Å². The highest BCUT2D eigenvalue weighted by molar-refractivity contribution is 7.97. The van der Waals surface area contributed by atoms with Crippen molar-refractivity contribution in [2.24, 2.45) is 0 Å². The summed E-state index contributed by atoms with van der Waals surface area (Å²) in [6, 6.07) is 18.5. The second kappa shape index (κ2) is 8.99. The molecule has 3 aromatic carbocycles. The van der Waals surface area contributed by atoms with Gasteiger partial charge in [-0.2, -0.15) is 4.31 Å². The Bertz CT molecular complexity index is 1240. The number of hydrogen-bond donors (Lipinski definition) is 0. The number of hydrogen-bond acceptors (Lipinski definition) is 3. The molecule has 1 heterocycles. The Balaban J connectivity index is 1.64. The number of rotatable bonds is 2. The number of carbonyl (C=O) groups excluding carboxylic acids is 1. The number of anilines is 1. The first-order valence-electron chi connectivity index (χ1n) is 9.47. The van der Waals surface area contributed by atoms with E-state index in [0.29, 0.717) is 33.8 Å². The Morgan fingerprint density at radius 1 is 1.13 bits per heavy atom. The lowest BCUT2D eigenvalue weighted by atomic mass is 10.0. The highest BCUT2D eigenvalue weighted by Gasteiger charge is 2.38. The van der Waals surface area contributed by atoms with Gasteiger partial charge in [0, 0.05) is 23.1 Å². The van der Waals surface area contributed by atoms with Crippen molar-refractivity contribution in [1.29, 1.82) is 0 Å². The SMILES string of the molecule is CN1c2ccc(C#CCc3ccc(F)cc3)cc2C(=O)/C(=C/c2cccc(Cl)c2)[S+]1[O-]. The molecule has 3 nitrogen and oxygen atoms in total. The summed E-state index contributed by atoms with van der Waals surface area (Å²) >= 11 is 4.41. The normalized spacial score (nSPS) is 16.6. The molecule has 1 aliphatic rings. The van der Waals surface area contributed by atoms with Crippen LogP contribution in [0.1, 0.15) is 27.0 Å². The van der Waals surface area contributed by atoms with Crippen molar-refractivity contribution >= 4 is 40.5 Å². The average Bonchev–Trinajstić information content (AvgIpc) is 2.76. The van der Waals surface area contributed by atoms with Gasteiger partial charge < -0.3 is 4.55 Å². The minimum absolute atomic E-state index is 0.189. The monoisotopic (exact) mass is 449 g/mol. The van der Waals surface area contributed by atoms with Crippen LogP contribution in [0.2, 0.25) is 5.02 Å². The van der Waals surface area contributed by atoms with Crippen molar-refractivity contribution in [2.75, 3.05) is 11.4 Å². The van der Waals surface area contributed by atoms with Crippen molar-refractivity contribution in [3.05, 3.63) is 105 Å². The van der Waals surface area contributed by atoms with Gasteiger partial charge in [0.15, 0.2) is 0 Å². The maximum Gasteiger partial charge on any atom is 0.245 e. The Kier molecular flexibility index (Phi) is 6.15. The zero-order chi connectivity index (χ0) is 22.0. The van der Waals surface area contributed by atoms with E-state index in [1.54, 1.807) is 72.0 Å². The zero-order valence-electron chi connectivity index (χ0n) is 16.6. The van der Waals surface area contributed by atoms with Gasteiger partial charge in [0.1, 0.15) is 17.2 Å². The maximum absolute atomic E-state index is 13.1. The van der Waals surface area contributed by atoms with Crippen LogP contribution in [0, 0.1) is 17.7 Å². The van der Waals surface area contributed by atoms with Gasteiger partial charge in [-0.3, -0.25) is 4.79 Å². The number of nitrogens with zero attached hydrogens (tertiary/aromatic N) is 1. The van der Waals surface area contributed by atoms with Gasteiger partial charge in [-0.1, -0.05) is 47.7 Å². The summed E-state index contributed by atoms with van der Waals surface area (Å²) in [6.45, 7) is 0. The molecule has 0 saturated heterocycles. The van der Waals surface area contributed by atoms with E-state index >= 15 is 0 Å². The molecule has 31 heavy (non-hydrogen) atoms. The molecule has 0 bridgehead atoms. The predicted octanol–water partition coefficient (Wildman–Crippen LogP) is 5.41. The number of Topliss-reactive ketones (excluding diaryl/α,β-unsaturated/α-hetero) is 1. The van der Waals surface area contributed by atoms with Gasteiger partial charge in [0.05, 0.1) is 18.3 Å². The Hall–Kier alpha value is -3.04. The molecule has 0 radical (unpaired) electrons. The van der Waals surface area contributed by atoms with Crippen molar-refractivity contribution in [3.63, 3.8) is 0 Å². The number of fused-ring (bicyclic) bond motifs is 1. The first-order valence-corrected chi connectivity index (χ1v) is 11.0. The molecular weight excluding hydrogens is 433 g/mol. The predicted molar refractivity (Wildman–Crippen MR) is 124 cm³/mol. The number of carbonyl (C=O) groups is 1. The molecule has 6 heteroatoms. The van der Waals surface area contributed by atoms with Gasteiger partial charge >= 0.3 is 0 Å². The van der Waals surface area contributed by atoms with Crippen molar-refractivity contribution in [1.82, 2.24) is 0 Å². The molecule has 0 N–H and O–H groups in total. The van der Waals surface area contributed by atoms with Crippen molar-refractivity contribution in [3.8, 4) is 11.8 Å². The van der Waals surface area contributed by atoms with E-state index in [9.17, 15) is 13.7 Å². The summed E-state index contributed by atoms with van der Waals surface area (Å²) in [5.41, 5.74) is 3.33. The van der Waals surface area contributed by atoms with Crippen LogP contribution in [-0.2, 0) is 17.8 Å². The van der Waals surface area contributed by atoms with Crippen LogP contribution in [0.5, 0.6) is 0 Å². The quantitative estimate of drug-likeness (QED) is 0.298. The van der Waals surface area contributed by atoms with E-state index in [2.05, 4.69) is 11.8 Å². The second-order valence-corrected chi connectivity index (χ2v) is 8.90. The number of halogens is 2. The standard InChI is InChI=1S/C25H17ClFNO2S/c1-28-23-13-10-18(5-2-4-17-8-11-21(27)12-9-17)15-22(23)25(29)24(31(28)30)16-19-6-3-7-20(26)14-19/h3,6-16H,4H2,1H3/b24-16-. The smallest absolute Gasteiger partial charge is 0.245 e. The van der Waals surface area contributed by atoms with Crippen LogP contribution in [0.25, 0.3) is 6.08 Å². The average molecular weight is 450 g/mol. The molecular formula is C25H17ClFNO2S. The summed E-state index contributed by atoms with van der Waals surface area (Å²) in [5, 5.41) is 0.538. The Morgan fingerprint density at radius 2 is 1.90 bits per heavy atom. The summed E-state index contributed by atoms with van der Waals surface area (Å²) < 4.78 is 27.5. The molecule has 0 aliphatic carbocycles. The molecule has 1 unspecified atom stereocenters. The van der Waals surface area contributed by atoms with Gasteiger partial charge in [0.2, 0.25) is 10.7 Å². The second-order valence-electron chi connectivity index (χ2n) is 6.98. The summed E-state index contributed by atoms with van der Waals surface area (Å²) in [5.74, 6) is 5.52. The topological polar surface area (TPSA) is 43.4 Å². The molecule has 154 valence electrons. The molecule has 0 spiro atoms. The highest BCUT2D eigenvalue weighted by atomic mass is 35.5. The number of allylic oxidation sites excluding steroid dienone is 1. The van der Waals surface area contributed by atoms with E-state index in [4.69, 9.17) is 11.6 Å². The van der Waals surface area contributed by atoms with Gasteiger partial charge in [0.25, 0.3) is 0 Å².